The average molecular weight is 131 g/mol. The van der Waals surface area contributed by atoms with Gasteiger partial charge in [-0.1, -0.05) is 0 Å². The summed E-state index contributed by atoms with van der Waals surface area (Å²) >= 11 is 0. The minimum Gasteiger partial charge on any atom is -0.345 e. The van der Waals surface area contributed by atoms with Crippen molar-refractivity contribution in [3.05, 3.63) is 29.0 Å². The van der Waals surface area contributed by atoms with Crippen LogP contribution >= 0.6 is 0 Å². The summed E-state index contributed by atoms with van der Waals surface area (Å²) in [4.78, 5) is 2.95. The van der Waals surface area contributed by atoms with Crippen molar-refractivity contribution in [3.8, 4) is 0 Å². The summed E-state index contributed by atoms with van der Waals surface area (Å²) in [6.45, 7) is 0. The van der Waals surface area contributed by atoms with Crippen LogP contribution in [0.25, 0.3) is 6.08 Å². The Hall–Kier alpha value is -1.60. The number of fused-ring (bicyclic) bond motifs is 1. The SMILES string of the molecule is C1=CC=c2cc[nH]c2=NN=1. The maximum absolute atomic E-state index is 3.84. The van der Waals surface area contributed by atoms with E-state index in [-0.39, 0.29) is 0 Å². The largest absolute Gasteiger partial charge is 0.345 e. The van der Waals surface area contributed by atoms with Gasteiger partial charge in [-0.2, -0.15) is 0 Å². The van der Waals surface area contributed by atoms with E-state index in [2.05, 4.69) is 21.1 Å². The first-order chi connectivity index (χ1) is 4.97. The van der Waals surface area contributed by atoms with Crippen molar-refractivity contribution in [2.24, 2.45) is 10.2 Å². The molecule has 1 N–H and O–H groups in total. The van der Waals surface area contributed by atoms with Gasteiger partial charge in [-0.05, 0) is 12.1 Å². The second kappa shape index (κ2) is 1.97. The lowest BCUT2D eigenvalue weighted by atomic mass is 10.4. The number of H-pyrrole nitrogens is 1. The zero-order chi connectivity index (χ0) is 6.81. The number of rotatable bonds is 0. The van der Waals surface area contributed by atoms with Crippen LogP contribution in [0.4, 0.5) is 0 Å². The standard InChI is InChI=1S/C7H5N3/c1-2-6-3-5-8-7(6)10-9-4-1/h1-3,5H,(H,8,10). The molecule has 0 spiro atoms. The molecule has 0 unspecified atom stereocenters. The fourth-order valence-corrected chi connectivity index (χ4v) is 0.833. The van der Waals surface area contributed by atoms with Crippen LogP contribution in [-0.4, -0.2) is 10.9 Å². The lowest BCUT2D eigenvalue weighted by Crippen LogP contribution is -2.20. The summed E-state index contributed by atoms with van der Waals surface area (Å²) in [6.07, 6.45) is 5.48. The Morgan fingerprint density at radius 1 is 1.50 bits per heavy atom. The van der Waals surface area contributed by atoms with Gasteiger partial charge in [0.05, 0.1) is 0 Å². The molecule has 1 aliphatic heterocycles. The molecule has 1 aromatic rings. The third-order valence-corrected chi connectivity index (χ3v) is 1.30. The van der Waals surface area contributed by atoms with Gasteiger partial charge in [0.1, 0.15) is 0 Å². The zero-order valence-electron chi connectivity index (χ0n) is 5.20. The van der Waals surface area contributed by atoms with E-state index in [1.165, 1.54) is 0 Å². The third-order valence-electron chi connectivity index (χ3n) is 1.30. The van der Waals surface area contributed by atoms with Crippen LogP contribution in [0.15, 0.2) is 28.5 Å². The highest BCUT2D eigenvalue weighted by Crippen LogP contribution is 1.72. The number of hydrogen-bond donors (Lipinski definition) is 1. The molecule has 3 nitrogen and oxygen atoms in total. The number of allylic oxidation sites excluding steroid dienone is 1. The summed E-state index contributed by atoms with van der Waals surface area (Å²) < 4.78 is 0. The highest BCUT2D eigenvalue weighted by molar-refractivity contribution is 5.63. The van der Waals surface area contributed by atoms with Gasteiger partial charge < -0.3 is 4.98 Å². The minimum absolute atomic E-state index is 0.793. The maximum Gasteiger partial charge on any atom is 0.160 e. The first-order valence-corrected chi connectivity index (χ1v) is 2.97. The summed E-state index contributed by atoms with van der Waals surface area (Å²) in [7, 11) is 0. The van der Waals surface area contributed by atoms with Crippen LogP contribution in [0.1, 0.15) is 0 Å². The molecular weight excluding hydrogens is 126 g/mol. The van der Waals surface area contributed by atoms with Gasteiger partial charge in [-0.25, -0.2) is 0 Å². The number of aromatic nitrogens is 1. The van der Waals surface area contributed by atoms with Crippen molar-refractivity contribution in [1.82, 2.24) is 4.98 Å². The molecule has 0 atom stereocenters. The fourth-order valence-electron chi connectivity index (χ4n) is 0.833. The smallest absolute Gasteiger partial charge is 0.160 e. The molecule has 2 rings (SSSR count). The first-order valence-electron chi connectivity index (χ1n) is 2.97. The van der Waals surface area contributed by atoms with Gasteiger partial charge in [0.25, 0.3) is 0 Å². The van der Waals surface area contributed by atoms with E-state index < -0.39 is 0 Å². The summed E-state index contributed by atoms with van der Waals surface area (Å²) in [5.41, 5.74) is 0.793. The van der Waals surface area contributed by atoms with E-state index >= 15 is 0 Å². The molecule has 10 heavy (non-hydrogen) atoms. The molecule has 0 saturated carbocycles. The number of nitrogens with one attached hydrogen (secondary N) is 1. The Kier molecular flexibility index (Phi) is 1.03. The molecule has 0 fully saturated rings. The first kappa shape index (κ1) is 5.21. The molecule has 1 aromatic heterocycles. The summed E-state index contributed by atoms with van der Waals surface area (Å²) in [5, 5.41) is 8.53. The lowest BCUT2D eigenvalue weighted by molar-refractivity contribution is 1.07. The van der Waals surface area contributed by atoms with E-state index in [0.29, 0.717) is 0 Å². The molecule has 0 aromatic carbocycles. The monoisotopic (exact) mass is 131 g/mol. The van der Waals surface area contributed by atoms with E-state index in [4.69, 9.17) is 0 Å². The van der Waals surface area contributed by atoms with E-state index in [1.54, 1.807) is 6.08 Å². The molecule has 0 radical (unpaired) electrons. The van der Waals surface area contributed by atoms with Crippen LogP contribution in [0.5, 0.6) is 0 Å². The molecule has 48 valence electrons. The topological polar surface area (TPSA) is 40.5 Å². The fraction of sp³-hybridized carbons (Fsp3) is 0. The molecule has 1 aliphatic rings. The molecule has 0 saturated heterocycles. The van der Waals surface area contributed by atoms with Gasteiger partial charge in [-0.15, -0.1) is 10.2 Å². The number of hydrogen-bond acceptors (Lipinski definition) is 2. The molecule has 0 bridgehead atoms. The van der Waals surface area contributed by atoms with Gasteiger partial charge in [0, 0.05) is 23.4 Å². The average Bonchev–Trinajstić information content (AvgIpc) is 2.28. The van der Waals surface area contributed by atoms with Crippen LogP contribution in [0, 0.1) is 0 Å². The quantitative estimate of drug-likeness (QED) is 0.496. The van der Waals surface area contributed by atoms with Crippen molar-refractivity contribution >= 4 is 11.9 Å². The zero-order valence-corrected chi connectivity index (χ0v) is 5.20. The Bertz CT molecular complexity index is 370. The Balaban J connectivity index is 2.94. The second-order valence-corrected chi connectivity index (χ2v) is 1.94. The lowest BCUT2D eigenvalue weighted by Gasteiger charge is -1.69. The van der Waals surface area contributed by atoms with E-state index in [1.807, 2.05) is 18.3 Å². The van der Waals surface area contributed by atoms with E-state index in [9.17, 15) is 0 Å². The van der Waals surface area contributed by atoms with Gasteiger partial charge >= 0.3 is 0 Å². The van der Waals surface area contributed by atoms with Crippen LogP contribution in [0.3, 0.4) is 0 Å². The highest BCUT2D eigenvalue weighted by atomic mass is 15.2. The number of nitrogens with zero attached hydrogens (tertiary/aromatic N) is 2. The molecule has 2 heterocycles. The van der Waals surface area contributed by atoms with Crippen molar-refractivity contribution in [2.75, 3.05) is 0 Å². The van der Waals surface area contributed by atoms with Crippen LogP contribution in [-0.2, 0) is 0 Å². The van der Waals surface area contributed by atoms with Gasteiger partial charge in [0.15, 0.2) is 5.49 Å². The highest BCUT2D eigenvalue weighted by Gasteiger charge is 1.85. The summed E-state index contributed by atoms with van der Waals surface area (Å²) in [5.74, 6) is 2.64. The van der Waals surface area contributed by atoms with Gasteiger partial charge in [-0.3, -0.25) is 0 Å². The van der Waals surface area contributed by atoms with Crippen molar-refractivity contribution in [1.29, 1.82) is 0 Å². The molecule has 3 heteroatoms. The van der Waals surface area contributed by atoms with Crippen molar-refractivity contribution in [2.45, 2.75) is 0 Å². The van der Waals surface area contributed by atoms with Crippen LogP contribution in [0.2, 0.25) is 0 Å². The predicted octanol–water partition coefficient (Wildman–Crippen LogP) is -0.431. The predicted molar refractivity (Wildman–Crippen MR) is 38.0 cm³/mol. The Morgan fingerprint density at radius 3 is 3.50 bits per heavy atom. The molecular formula is C7H5N3. The van der Waals surface area contributed by atoms with Crippen molar-refractivity contribution in [3.63, 3.8) is 0 Å². The minimum atomic E-state index is 0.793. The Labute approximate surface area is 57.1 Å². The normalized spacial score (nSPS) is 13.2. The van der Waals surface area contributed by atoms with Crippen molar-refractivity contribution < 1.29 is 0 Å². The van der Waals surface area contributed by atoms with Crippen LogP contribution < -0.4 is 10.7 Å². The van der Waals surface area contributed by atoms with Gasteiger partial charge in [0.2, 0.25) is 0 Å². The molecule has 0 aliphatic carbocycles. The Morgan fingerprint density at radius 2 is 2.50 bits per heavy atom. The maximum atomic E-state index is 3.84. The molecule has 0 amide bonds. The second-order valence-electron chi connectivity index (χ2n) is 1.94. The third kappa shape index (κ3) is 0.694. The van der Waals surface area contributed by atoms with E-state index in [0.717, 1.165) is 10.7 Å². The number of aromatic amines is 1. The summed E-state index contributed by atoms with van der Waals surface area (Å²) in [6, 6.07) is 1.94.